The Labute approximate surface area is 732 Å². The SMILES string of the molecule is C1CCC(C2CC(C3CCCCC3)C(N3C4CC(N5C6CC7CC(C6)CC5C7)CC5C4B(C4CC(C6CC[C@@H]7C8CCCC9CCCC(C98)[C@@H]8CCC[C@H]6C78)CC[C@@H]4N5C4[C@@H](C5CCCCC5)CC(C5CCCCC5)C[C@H]4C4CCCCC4)[C@H]4C[C@@H]([C@H]5CCC6[C@H]7CCC[C@H]8CCC[C@H](C87)C7CCCC5[C@H]76)CCC43)[C@@H](C3CCCCC3)C2)CC1. The Morgan fingerprint density at radius 2 is 0.429 bits per heavy atom. The van der Waals surface area contributed by atoms with Gasteiger partial charge in [0.15, 0.2) is 6.71 Å². The molecule has 36 atom stereocenters. The van der Waals surface area contributed by atoms with Gasteiger partial charge in [-0.15, -0.1) is 0 Å². The summed E-state index contributed by atoms with van der Waals surface area (Å²) in [5.74, 6) is 39.3. The molecule has 0 aromatic heterocycles. The van der Waals surface area contributed by atoms with Gasteiger partial charge in [0, 0.05) is 54.4 Å². The number of hydrogen-bond donors (Lipinski definition) is 0. The maximum absolute atomic E-state index is 4.13. The zero-order chi connectivity index (χ0) is 77.7. The summed E-state index contributed by atoms with van der Waals surface area (Å²) in [6.07, 6.45) is 112. The van der Waals surface area contributed by atoms with Gasteiger partial charge in [0.1, 0.15) is 0 Å². The molecule has 0 spiro atoms. The van der Waals surface area contributed by atoms with Gasteiger partial charge in [-0.3, -0.25) is 14.7 Å². The lowest BCUT2D eigenvalue weighted by Gasteiger charge is -2.73. The van der Waals surface area contributed by atoms with Gasteiger partial charge in [0.2, 0.25) is 0 Å². The second kappa shape index (κ2) is 33.6. The third-order valence-corrected chi connectivity index (χ3v) is 50.2. The quantitative estimate of drug-likeness (QED) is 0.191. The van der Waals surface area contributed by atoms with Crippen molar-refractivity contribution < 1.29 is 0 Å². The average Bonchev–Trinajstić information content (AvgIpc) is 0.683. The molecule has 27 fully saturated rings. The van der Waals surface area contributed by atoms with Gasteiger partial charge in [0.05, 0.1) is 0 Å². The molecule has 0 N–H and O–H groups in total. The fourth-order valence-corrected chi connectivity index (χ4v) is 47.6. The van der Waals surface area contributed by atoms with E-state index >= 15 is 0 Å². The van der Waals surface area contributed by atoms with Crippen molar-refractivity contribution in [3.05, 3.63) is 0 Å². The Bertz CT molecular complexity index is 3080. The van der Waals surface area contributed by atoms with E-state index < -0.39 is 0 Å². The van der Waals surface area contributed by atoms with Crippen LogP contribution in [-0.4, -0.2) is 75.8 Å². The molecule has 4 bridgehead atoms. The predicted molar refractivity (Wildman–Crippen MR) is 494 cm³/mol. The molecule has 23 aliphatic carbocycles. The zero-order valence-corrected chi connectivity index (χ0v) is 77.3. The van der Waals surface area contributed by atoms with Gasteiger partial charge in [-0.2, -0.15) is 0 Å². The first-order valence-corrected chi connectivity index (χ1v) is 58.3. The van der Waals surface area contributed by atoms with Crippen molar-refractivity contribution in [2.75, 3.05) is 0 Å². The van der Waals surface area contributed by atoms with Gasteiger partial charge in [-0.1, -0.05) is 270 Å². The number of rotatable bonds is 11. The third kappa shape index (κ3) is 13.7. The molecular formula is C115H184BN3. The molecule has 27 rings (SSSR count). The fourth-order valence-electron chi connectivity index (χ4n) is 47.6. The van der Waals surface area contributed by atoms with Crippen LogP contribution in [0.25, 0.3) is 0 Å². The summed E-state index contributed by atoms with van der Waals surface area (Å²) in [7, 11) is 0. The standard InChI is InChI=1S/C115H184BN3/c1-7-25-72(26-8-1)82-62-99(74-29-11-3-12-30-74)114(100(63-82)75-31-13-4-14-32-75)118-105-55-49-80(87-51-53-97-93-43-21-39-78-37-19-41-91(109(78)93)95-47-23-45-89(87)111(95)97)66-103(105)116-104-67-81(88-52-54-98-94-44-22-40-79-38-20-42-92(110(79)94)96-48-24-46-90(88)112(96)98)50-56-106(104)119(108-69-86(68-107(118)113(108)116)117-84-58-70-57-71(60-84)61-85(117)59-70)115-101(76-33-15-5-16-34-76)64-83(73-27-9-2-10-28-73)65-102(115)77-35-17-6-18-36-77/h70-115H,1-69H2/t70?,71?,78-,79?,80+,81?,82?,83?,84?,85?,86?,87-,88?,89?,90-,91+,92?,93-,94?,95?,96+,97?,98-,99-,100?,101-,102+,103+,104?,105?,106+,107?,108?,109?,110?,111-,112?,113?,114?,115?/m1/s1. The lowest BCUT2D eigenvalue weighted by atomic mass is 9.17. The highest BCUT2D eigenvalue weighted by Gasteiger charge is 2.72. The first-order chi connectivity index (χ1) is 59.0. The lowest BCUT2D eigenvalue weighted by Crippen LogP contribution is -2.78. The van der Waals surface area contributed by atoms with Crippen molar-refractivity contribution in [1.82, 2.24) is 14.7 Å². The molecule has 23 saturated carbocycles. The fraction of sp³-hybridized carbons (Fsp3) is 1.00. The monoisotopic (exact) mass is 1620 g/mol. The van der Waals surface area contributed by atoms with Crippen LogP contribution in [0.2, 0.25) is 17.5 Å². The predicted octanol–water partition coefficient (Wildman–Crippen LogP) is 30.0. The number of piperidine rings is 2. The normalized spacial score (nSPS) is 54.6. The first kappa shape index (κ1) is 79.9. The highest BCUT2D eigenvalue weighted by atomic mass is 15.3. The van der Waals surface area contributed by atoms with E-state index in [0.717, 1.165) is 280 Å². The molecule has 4 heterocycles. The summed E-state index contributed by atoms with van der Waals surface area (Å²) in [5, 5.41) is 0. The van der Waals surface area contributed by atoms with Crippen molar-refractivity contribution in [3.8, 4) is 0 Å². The topological polar surface area (TPSA) is 9.72 Å². The Hall–Kier alpha value is -0.0551. The van der Waals surface area contributed by atoms with E-state index in [1.54, 1.807) is 443 Å². The van der Waals surface area contributed by atoms with Crippen LogP contribution in [0.15, 0.2) is 0 Å². The molecule has 119 heavy (non-hydrogen) atoms. The van der Waals surface area contributed by atoms with Crippen LogP contribution < -0.4 is 0 Å². The van der Waals surface area contributed by atoms with E-state index in [2.05, 4.69) is 14.7 Å². The molecule has 3 nitrogen and oxygen atoms in total. The van der Waals surface area contributed by atoms with Gasteiger partial charge in [0.25, 0.3) is 0 Å². The van der Waals surface area contributed by atoms with Crippen LogP contribution in [0.5, 0.6) is 0 Å². The molecule has 0 aromatic carbocycles. The molecule has 662 valence electrons. The van der Waals surface area contributed by atoms with Crippen molar-refractivity contribution in [2.24, 2.45) is 201 Å². The van der Waals surface area contributed by atoms with Crippen molar-refractivity contribution in [2.45, 2.75) is 515 Å². The van der Waals surface area contributed by atoms with E-state index in [1.807, 2.05) is 0 Å². The molecule has 4 aliphatic heterocycles. The van der Waals surface area contributed by atoms with Crippen molar-refractivity contribution >= 4 is 6.71 Å². The van der Waals surface area contributed by atoms with Crippen molar-refractivity contribution in [1.29, 1.82) is 0 Å². The Morgan fingerprint density at radius 3 is 0.773 bits per heavy atom. The minimum Gasteiger partial charge on any atom is -0.295 e. The highest BCUT2D eigenvalue weighted by Crippen LogP contribution is 2.74. The van der Waals surface area contributed by atoms with Gasteiger partial charge in [-0.05, 0) is 392 Å². The Balaban J connectivity index is 0.657. The van der Waals surface area contributed by atoms with E-state index in [0.29, 0.717) is 0 Å². The average molecular weight is 1620 g/mol. The molecule has 0 aromatic rings. The summed E-state index contributed by atoms with van der Waals surface area (Å²) in [4.78, 5) is 11.9. The maximum Gasteiger partial charge on any atom is 0.156 e. The molecule has 4 heteroatoms. The summed E-state index contributed by atoms with van der Waals surface area (Å²) in [5.41, 5.74) is 0. The molecule has 0 amide bonds. The van der Waals surface area contributed by atoms with Gasteiger partial charge in [-0.25, -0.2) is 0 Å². The van der Waals surface area contributed by atoms with Gasteiger partial charge < -0.3 is 0 Å². The van der Waals surface area contributed by atoms with E-state index in [-0.39, 0.29) is 0 Å². The van der Waals surface area contributed by atoms with Crippen LogP contribution in [0.3, 0.4) is 0 Å². The molecule has 0 radical (unpaired) electrons. The van der Waals surface area contributed by atoms with Crippen molar-refractivity contribution in [3.63, 3.8) is 0 Å². The van der Waals surface area contributed by atoms with Crippen LogP contribution >= 0.6 is 0 Å². The molecule has 22 unspecified atom stereocenters. The van der Waals surface area contributed by atoms with E-state index in [9.17, 15) is 0 Å². The second-order valence-corrected chi connectivity index (χ2v) is 53.6. The Morgan fingerprint density at radius 1 is 0.151 bits per heavy atom. The zero-order valence-electron chi connectivity index (χ0n) is 77.3. The highest BCUT2D eigenvalue weighted by molar-refractivity contribution is 6.65. The smallest absolute Gasteiger partial charge is 0.156 e. The first-order valence-electron chi connectivity index (χ1n) is 58.3. The van der Waals surface area contributed by atoms with E-state index in [1.165, 1.54) is 0 Å². The van der Waals surface area contributed by atoms with Crippen LogP contribution in [0, 0.1) is 201 Å². The minimum atomic E-state index is 0.837. The summed E-state index contributed by atoms with van der Waals surface area (Å²) in [6, 6.07) is 7.90. The molecular weight excluding hydrogens is 1430 g/mol. The second-order valence-electron chi connectivity index (χ2n) is 53.6. The van der Waals surface area contributed by atoms with Crippen LogP contribution in [-0.2, 0) is 0 Å². The minimum absolute atomic E-state index is 0.837. The largest absolute Gasteiger partial charge is 0.295 e. The van der Waals surface area contributed by atoms with Crippen LogP contribution in [0.4, 0.5) is 0 Å². The maximum atomic E-state index is 4.13. The van der Waals surface area contributed by atoms with Crippen LogP contribution in [0.1, 0.15) is 443 Å². The Kier molecular flexibility index (Phi) is 22.6. The molecule has 27 aliphatic rings. The third-order valence-electron chi connectivity index (χ3n) is 50.2. The number of fused-ring (bicyclic) bond motifs is 8. The van der Waals surface area contributed by atoms with Gasteiger partial charge >= 0.3 is 0 Å². The summed E-state index contributed by atoms with van der Waals surface area (Å²) >= 11 is 0. The van der Waals surface area contributed by atoms with E-state index in [4.69, 9.17) is 0 Å². The number of hydrogen-bond acceptors (Lipinski definition) is 3. The lowest BCUT2D eigenvalue weighted by molar-refractivity contribution is -0.166. The number of nitrogens with zero attached hydrogens (tertiary/aromatic N) is 3. The summed E-state index contributed by atoms with van der Waals surface area (Å²) in [6.45, 7) is 1.01. The molecule has 4 saturated heterocycles. The summed E-state index contributed by atoms with van der Waals surface area (Å²) < 4.78 is 0.